The van der Waals surface area contributed by atoms with Gasteiger partial charge in [0.15, 0.2) is 10.2 Å². The monoisotopic (exact) mass is 399 g/mol. The van der Waals surface area contributed by atoms with Gasteiger partial charge in [-0.05, 0) is 12.1 Å². The predicted molar refractivity (Wildman–Crippen MR) is 103 cm³/mol. The zero-order valence-corrected chi connectivity index (χ0v) is 16.3. The van der Waals surface area contributed by atoms with Crippen LogP contribution >= 0.6 is 34.7 Å². The third-order valence-electron chi connectivity index (χ3n) is 3.97. The Kier molecular flexibility index (Phi) is 5.71. The van der Waals surface area contributed by atoms with Gasteiger partial charge in [0, 0.05) is 33.1 Å². The Bertz CT molecular complexity index is 803. The lowest BCUT2D eigenvalue weighted by atomic mass is 10.3. The van der Waals surface area contributed by atoms with Crippen molar-refractivity contribution in [3.8, 4) is 5.75 Å². The van der Waals surface area contributed by atoms with Crippen LogP contribution in [0.3, 0.4) is 0 Å². The van der Waals surface area contributed by atoms with Gasteiger partial charge in [-0.3, -0.25) is 9.59 Å². The van der Waals surface area contributed by atoms with Crippen molar-refractivity contribution in [2.24, 2.45) is 0 Å². The molecule has 1 aromatic heterocycles. The summed E-state index contributed by atoms with van der Waals surface area (Å²) in [6, 6.07) is 3.63. The second-order valence-corrected chi connectivity index (χ2v) is 8.11. The predicted octanol–water partition coefficient (Wildman–Crippen LogP) is 2.89. The first-order valence-electron chi connectivity index (χ1n) is 7.78. The Hall–Kier alpha value is -1.51. The molecule has 2 aromatic rings. The molecule has 0 N–H and O–H groups in total. The maximum atomic E-state index is 12.1. The standard InChI is InChI=1S/C16H18ClN3O3S2/c1-10(21)24-9-13(22)19-5-7-20(8-6-19)16-18-14-12(23-2)4-3-11(17)15(14)25-16/h3-4H,5-9H2,1-2H3. The molecule has 0 radical (unpaired) electrons. The van der Waals surface area contributed by atoms with Crippen molar-refractivity contribution in [2.45, 2.75) is 6.92 Å². The SMILES string of the molecule is COc1ccc(Cl)c2sc(N3CCN(C(=O)CSC(C)=O)CC3)nc12. The normalized spacial score (nSPS) is 14.8. The summed E-state index contributed by atoms with van der Waals surface area (Å²) in [7, 11) is 1.62. The molecule has 1 aliphatic heterocycles. The number of halogens is 1. The van der Waals surface area contributed by atoms with Gasteiger partial charge in [-0.1, -0.05) is 34.7 Å². The van der Waals surface area contributed by atoms with Crippen LogP contribution in [0.15, 0.2) is 12.1 Å². The first kappa shape index (κ1) is 18.3. The highest BCUT2D eigenvalue weighted by Gasteiger charge is 2.24. The fourth-order valence-corrected chi connectivity index (χ4v) is 4.46. The number of hydrogen-bond acceptors (Lipinski definition) is 7. The number of hydrogen-bond donors (Lipinski definition) is 0. The van der Waals surface area contributed by atoms with Crippen molar-refractivity contribution in [1.82, 2.24) is 9.88 Å². The zero-order chi connectivity index (χ0) is 18.0. The first-order chi connectivity index (χ1) is 12.0. The number of piperazine rings is 1. The second-order valence-electron chi connectivity index (χ2n) is 5.57. The van der Waals surface area contributed by atoms with Crippen LogP contribution in [0.1, 0.15) is 6.92 Å². The van der Waals surface area contributed by atoms with Crippen LogP contribution in [-0.2, 0) is 9.59 Å². The lowest BCUT2D eigenvalue weighted by Crippen LogP contribution is -2.49. The number of carbonyl (C=O) groups is 2. The van der Waals surface area contributed by atoms with E-state index < -0.39 is 0 Å². The number of thiazole rings is 1. The van der Waals surface area contributed by atoms with Crippen molar-refractivity contribution >= 4 is 61.1 Å². The minimum atomic E-state index is -0.0349. The summed E-state index contributed by atoms with van der Waals surface area (Å²) in [5.41, 5.74) is 0.770. The highest BCUT2D eigenvalue weighted by molar-refractivity contribution is 8.14. The summed E-state index contributed by atoms with van der Waals surface area (Å²) in [6.45, 7) is 4.13. The summed E-state index contributed by atoms with van der Waals surface area (Å²) < 4.78 is 6.27. The van der Waals surface area contributed by atoms with Gasteiger partial charge in [0.05, 0.1) is 22.6 Å². The number of methoxy groups -OCH3 is 1. The molecule has 1 fully saturated rings. The van der Waals surface area contributed by atoms with E-state index in [1.54, 1.807) is 12.0 Å². The van der Waals surface area contributed by atoms with Crippen molar-refractivity contribution in [3.63, 3.8) is 0 Å². The van der Waals surface area contributed by atoms with Crippen molar-refractivity contribution < 1.29 is 14.3 Å². The number of anilines is 1. The molecule has 6 nitrogen and oxygen atoms in total. The summed E-state index contributed by atoms with van der Waals surface area (Å²) in [5, 5.41) is 1.51. The molecular formula is C16H18ClN3O3S2. The lowest BCUT2D eigenvalue weighted by Gasteiger charge is -2.34. The molecular weight excluding hydrogens is 382 g/mol. The molecule has 0 unspecified atom stereocenters. The molecule has 1 aliphatic rings. The molecule has 1 aromatic carbocycles. The molecule has 2 heterocycles. The van der Waals surface area contributed by atoms with Gasteiger partial charge < -0.3 is 14.5 Å². The van der Waals surface area contributed by atoms with Gasteiger partial charge >= 0.3 is 0 Å². The number of fused-ring (bicyclic) bond motifs is 1. The van der Waals surface area contributed by atoms with E-state index in [0.717, 1.165) is 27.1 Å². The lowest BCUT2D eigenvalue weighted by molar-refractivity contribution is -0.128. The molecule has 3 rings (SSSR count). The first-order valence-corrected chi connectivity index (χ1v) is 9.96. The maximum Gasteiger partial charge on any atom is 0.233 e. The van der Waals surface area contributed by atoms with Crippen LogP contribution in [0.2, 0.25) is 5.02 Å². The fraction of sp³-hybridized carbons (Fsp3) is 0.438. The Balaban J connectivity index is 1.69. The molecule has 0 bridgehead atoms. The van der Waals surface area contributed by atoms with Gasteiger partial charge in [0.25, 0.3) is 0 Å². The van der Waals surface area contributed by atoms with E-state index in [0.29, 0.717) is 37.0 Å². The molecule has 1 amide bonds. The Morgan fingerprint density at radius 2 is 2.04 bits per heavy atom. The third kappa shape index (κ3) is 4.02. The van der Waals surface area contributed by atoms with E-state index in [4.69, 9.17) is 16.3 Å². The molecule has 0 atom stereocenters. The van der Waals surface area contributed by atoms with Crippen LogP contribution < -0.4 is 9.64 Å². The minimum Gasteiger partial charge on any atom is -0.494 e. The van der Waals surface area contributed by atoms with Gasteiger partial charge in [0.1, 0.15) is 11.3 Å². The van der Waals surface area contributed by atoms with Gasteiger partial charge in [0.2, 0.25) is 5.91 Å². The minimum absolute atomic E-state index is 0.00821. The Morgan fingerprint density at radius 3 is 2.68 bits per heavy atom. The fourth-order valence-electron chi connectivity index (χ4n) is 2.64. The zero-order valence-electron chi connectivity index (χ0n) is 14.0. The molecule has 0 saturated carbocycles. The van der Waals surface area contributed by atoms with Gasteiger partial charge in [-0.15, -0.1) is 0 Å². The summed E-state index contributed by atoms with van der Waals surface area (Å²) in [5.74, 6) is 0.925. The third-order valence-corrected chi connectivity index (χ3v) is 6.34. The number of aromatic nitrogens is 1. The van der Waals surface area contributed by atoms with Crippen LogP contribution in [0.4, 0.5) is 5.13 Å². The smallest absolute Gasteiger partial charge is 0.233 e. The van der Waals surface area contributed by atoms with E-state index in [1.165, 1.54) is 18.3 Å². The molecule has 0 spiro atoms. The van der Waals surface area contributed by atoms with Gasteiger partial charge in [-0.2, -0.15) is 0 Å². The van der Waals surface area contributed by atoms with E-state index in [2.05, 4.69) is 9.88 Å². The molecule has 0 aliphatic carbocycles. The van der Waals surface area contributed by atoms with Crippen LogP contribution in [0, 0.1) is 0 Å². The average molecular weight is 400 g/mol. The average Bonchev–Trinajstić information content (AvgIpc) is 3.06. The van der Waals surface area contributed by atoms with Crippen LogP contribution in [0.25, 0.3) is 10.2 Å². The van der Waals surface area contributed by atoms with E-state index in [-0.39, 0.29) is 16.8 Å². The largest absolute Gasteiger partial charge is 0.494 e. The summed E-state index contributed by atoms with van der Waals surface area (Å²) in [6.07, 6.45) is 0. The summed E-state index contributed by atoms with van der Waals surface area (Å²) in [4.78, 5) is 31.7. The number of ether oxygens (including phenoxy) is 1. The number of nitrogens with zero attached hydrogens (tertiary/aromatic N) is 3. The highest BCUT2D eigenvalue weighted by Crippen LogP contribution is 2.38. The maximum absolute atomic E-state index is 12.1. The number of benzene rings is 1. The van der Waals surface area contributed by atoms with E-state index in [1.807, 2.05) is 12.1 Å². The van der Waals surface area contributed by atoms with Crippen LogP contribution in [-0.4, -0.2) is 59.9 Å². The Labute approximate surface area is 159 Å². The Morgan fingerprint density at radius 1 is 1.32 bits per heavy atom. The molecule has 1 saturated heterocycles. The van der Waals surface area contributed by atoms with Crippen molar-refractivity contribution in [2.75, 3.05) is 43.9 Å². The van der Waals surface area contributed by atoms with Crippen LogP contribution in [0.5, 0.6) is 5.75 Å². The highest BCUT2D eigenvalue weighted by atomic mass is 35.5. The van der Waals surface area contributed by atoms with Gasteiger partial charge in [-0.25, -0.2) is 4.98 Å². The second kappa shape index (κ2) is 7.80. The molecule has 9 heteroatoms. The topological polar surface area (TPSA) is 62.7 Å². The summed E-state index contributed by atoms with van der Waals surface area (Å²) >= 11 is 8.87. The van der Waals surface area contributed by atoms with E-state index >= 15 is 0 Å². The number of amides is 1. The van der Waals surface area contributed by atoms with Crippen molar-refractivity contribution in [3.05, 3.63) is 17.2 Å². The number of carbonyl (C=O) groups excluding carboxylic acids is 2. The molecule has 134 valence electrons. The number of thioether (sulfide) groups is 1. The number of rotatable bonds is 4. The van der Waals surface area contributed by atoms with Crippen molar-refractivity contribution in [1.29, 1.82) is 0 Å². The quantitative estimate of drug-likeness (QED) is 0.787. The molecule has 25 heavy (non-hydrogen) atoms. The van der Waals surface area contributed by atoms with E-state index in [9.17, 15) is 9.59 Å².